The van der Waals surface area contributed by atoms with Crippen molar-refractivity contribution in [2.24, 2.45) is 0 Å². The molecule has 0 aliphatic heterocycles. The molecule has 1 saturated carbocycles. The van der Waals surface area contributed by atoms with Gasteiger partial charge in [-0.15, -0.1) is 0 Å². The first-order valence-corrected chi connectivity index (χ1v) is 7.49. The van der Waals surface area contributed by atoms with Gasteiger partial charge in [-0.05, 0) is 31.0 Å². The molecule has 0 aromatic heterocycles. The third-order valence-corrected chi connectivity index (χ3v) is 4.36. The van der Waals surface area contributed by atoms with E-state index in [0.717, 1.165) is 25.7 Å². The molecule has 0 spiro atoms. The third kappa shape index (κ3) is 3.21. The molecule has 4 heteroatoms. The lowest BCUT2D eigenvalue weighted by atomic mass is 9.85. The molecule has 21 heavy (non-hydrogen) atoms. The number of rotatable bonds is 5. The van der Waals surface area contributed by atoms with Gasteiger partial charge in [0, 0.05) is 12.7 Å². The highest BCUT2D eigenvalue weighted by molar-refractivity contribution is 6.03. The summed E-state index contributed by atoms with van der Waals surface area (Å²) < 4.78 is 16.2. The van der Waals surface area contributed by atoms with Crippen LogP contribution in [0.25, 0.3) is 0 Å². The van der Waals surface area contributed by atoms with E-state index in [1.54, 1.807) is 39.5 Å². The van der Waals surface area contributed by atoms with Crippen LogP contribution in [-0.4, -0.2) is 32.7 Å². The maximum atomic E-state index is 13.0. The van der Waals surface area contributed by atoms with Gasteiger partial charge in [-0.2, -0.15) is 0 Å². The number of ketones is 1. The van der Waals surface area contributed by atoms with E-state index in [1.807, 2.05) is 0 Å². The second-order valence-corrected chi connectivity index (χ2v) is 5.51. The van der Waals surface area contributed by atoms with Crippen LogP contribution in [0.2, 0.25) is 0 Å². The summed E-state index contributed by atoms with van der Waals surface area (Å²) in [5, 5.41) is 0. The fourth-order valence-corrected chi connectivity index (χ4v) is 3.06. The first-order chi connectivity index (χ1) is 10.2. The average Bonchev–Trinajstić information content (AvgIpc) is 2.79. The van der Waals surface area contributed by atoms with E-state index in [-0.39, 0.29) is 5.78 Å². The van der Waals surface area contributed by atoms with E-state index in [9.17, 15) is 4.79 Å². The summed E-state index contributed by atoms with van der Waals surface area (Å²) in [5.74, 6) is 1.25. The van der Waals surface area contributed by atoms with Gasteiger partial charge in [0.05, 0.1) is 14.2 Å². The quantitative estimate of drug-likeness (QED) is 0.614. The molecule has 1 aromatic rings. The van der Waals surface area contributed by atoms with Gasteiger partial charge < -0.3 is 14.2 Å². The molecule has 1 aliphatic carbocycles. The van der Waals surface area contributed by atoms with Crippen LogP contribution in [0, 0.1) is 0 Å². The fourth-order valence-electron chi connectivity index (χ4n) is 3.06. The monoisotopic (exact) mass is 292 g/mol. The molecule has 0 atom stereocenters. The van der Waals surface area contributed by atoms with Crippen molar-refractivity contribution in [1.82, 2.24) is 0 Å². The predicted octanol–water partition coefficient (Wildman–Crippen LogP) is 3.63. The van der Waals surface area contributed by atoms with Crippen molar-refractivity contribution in [3.05, 3.63) is 23.8 Å². The molecule has 1 aliphatic rings. The Morgan fingerprint density at radius 1 is 0.952 bits per heavy atom. The van der Waals surface area contributed by atoms with E-state index in [2.05, 4.69) is 0 Å². The Labute approximate surface area is 126 Å². The van der Waals surface area contributed by atoms with Crippen molar-refractivity contribution in [3.63, 3.8) is 0 Å². The largest absolute Gasteiger partial charge is 0.493 e. The molecule has 0 heterocycles. The Hall–Kier alpha value is -1.55. The van der Waals surface area contributed by atoms with Gasteiger partial charge in [0.2, 0.25) is 0 Å². The summed E-state index contributed by atoms with van der Waals surface area (Å²) in [6.45, 7) is 0. The average molecular weight is 292 g/mol. The topological polar surface area (TPSA) is 44.8 Å². The van der Waals surface area contributed by atoms with Crippen molar-refractivity contribution >= 4 is 5.78 Å². The third-order valence-electron chi connectivity index (χ3n) is 4.36. The van der Waals surface area contributed by atoms with Gasteiger partial charge in [-0.1, -0.05) is 25.7 Å². The standard InChI is InChI=1S/C17H24O4/c1-19-14-9-8-13(12-15(14)20-2)16(18)17(21-3)10-6-4-5-7-11-17/h8-9,12H,4-7,10-11H2,1-3H3. The Kier molecular flexibility index (Phi) is 5.23. The van der Waals surface area contributed by atoms with Crippen LogP contribution < -0.4 is 9.47 Å². The van der Waals surface area contributed by atoms with Crippen LogP contribution in [0.1, 0.15) is 48.9 Å². The van der Waals surface area contributed by atoms with Crippen molar-refractivity contribution in [2.75, 3.05) is 21.3 Å². The lowest BCUT2D eigenvalue weighted by Crippen LogP contribution is -2.40. The number of hydrogen-bond donors (Lipinski definition) is 0. The van der Waals surface area contributed by atoms with Crippen LogP contribution in [0.4, 0.5) is 0 Å². The highest BCUT2D eigenvalue weighted by atomic mass is 16.5. The fraction of sp³-hybridized carbons (Fsp3) is 0.588. The first-order valence-electron chi connectivity index (χ1n) is 7.49. The molecule has 0 bridgehead atoms. The van der Waals surface area contributed by atoms with E-state index >= 15 is 0 Å². The molecule has 0 amide bonds. The summed E-state index contributed by atoms with van der Waals surface area (Å²) in [6.07, 6.45) is 5.99. The van der Waals surface area contributed by atoms with Gasteiger partial charge in [0.1, 0.15) is 5.60 Å². The Balaban J connectivity index is 2.32. The lowest BCUT2D eigenvalue weighted by molar-refractivity contribution is -0.00694. The summed E-state index contributed by atoms with van der Waals surface area (Å²) in [4.78, 5) is 13.0. The van der Waals surface area contributed by atoms with E-state index in [0.29, 0.717) is 17.1 Å². The maximum Gasteiger partial charge on any atom is 0.194 e. The minimum atomic E-state index is -0.684. The zero-order valence-corrected chi connectivity index (χ0v) is 13.1. The first kappa shape index (κ1) is 15.8. The predicted molar refractivity (Wildman–Crippen MR) is 81.3 cm³/mol. The number of carbonyl (C=O) groups excluding carboxylic acids is 1. The van der Waals surface area contributed by atoms with E-state index in [4.69, 9.17) is 14.2 Å². The van der Waals surface area contributed by atoms with Crippen LogP contribution in [0.5, 0.6) is 11.5 Å². The number of carbonyl (C=O) groups is 1. The second kappa shape index (κ2) is 6.94. The summed E-state index contributed by atoms with van der Waals surface area (Å²) in [6, 6.07) is 5.30. The summed E-state index contributed by atoms with van der Waals surface area (Å²) >= 11 is 0. The summed E-state index contributed by atoms with van der Waals surface area (Å²) in [5.41, 5.74) is -0.0628. The van der Waals surface area contributed by atoms with Crippen LogP contribution >= 0.6 is 0 Å². The molecular weight excluding hydrogens is 268 g/mol. The van der Waals surface area contributed by atoms with Gasteiger partial charge in [-0.3, -0.25) is 4.79 Å². The molecule has 0 radical (unpaired) electrons. The van der Waals surface area contributed by atoms with Crippen molar-refractivity contribution in [3.8, 4) is 11.5 Å². The molecule has 1 aromatic carbocycles. The van der Waals surface area contributed by atoms with Gasteiger partial charge in [0.25, 0.3) is 0 Å². The highest BCUT2D eigenvalue weighted by Crippen LogP contribution is 2.35. The normalized spacial score (nSPS) is 17.9. The molecule has 1 fully saturated rings. The smallest absolute Gasteiger partial charge is 0.194 e. The number of methoxy groups -OCH3 is 3. The highest BCUT2D eigenvalue weighted by Gasteiger charge is 2.39. The van der Waals surface area contributed by atoms with Crippen molar-refractivity contribution in [1.29, 1.82) is 0 Å². The maximum absolute atomic E-state index is 13.0. The van der Waals surface area contributed by atoms with Crippen LogP contribution in [0.15, 0.2) is 18.2 Å². The van der Waals surface area contributed by atoms with Gasteiger partial charge in [0.15, 0.2) is 17.3 Å². The van der Waals surface area contributed by atoms with Crippen LogP contribution in [0.3, 0.4) is 0 Å². The molecule has 0 saturated heterocycles. The van der Waals surface area contributed by atoms with Gasteiger partial charge >= 0.3 is 0 Å². The molecule has 0 N–H and O–H groups in total. The molecule has 0 unspecified atom stereocenters. The van der Waals surface area contributed by atoms with E-state index in [1.165, 1.54) is 12.8 Å². The number of hydrogen-bond acceptors (Lipinski definition) is 4. The number of ether oxygens (including phenoxy) is 3. The zero-order chi connectivity index (χ0) is 15.3. The number of benzene rings is 1. The molecule has 4 nitrogen and oxygen atoms in total. The van der Waals surface area contributed by atoms with E-state index < -0.39 is 5.60 Å². The second-order valence-electron chi connectivity index (χ2n) is 5.51. The van der Waals surface area contributed by atoms with Gasteiger partial charge in [-0.25, -0.2) is 0 Å². The lowest BCUT2D eigenvalue weighted by Gasteiger charge is -2.30. The Morgan fingerprint density at radius 3 is 2.10 bits per heavy atom. The molecule has 116 valence electrons. The van der Waals surface area contributed by atoms with Crippen molar-refractivity contribution < 1.29 is 19.0 Å². The minimum absolute atomic E-state index is 0.0489. The minimum Gasteiger partial charge on any atom is -0.493 e. The number of Topliss-reactive ketones (excluding diaryl/α,β-unsaturated/α-hetero) is 1. The van der Waals surface area contributed by atoms with Crippen LogP contribution in [-0.2, 0) is 4.74 Å². The summed E-state index contributed by atoms with van der Waals surface area (Å²) in [7, 11) is 4.80. The molecular formula is C17H24O4. The Morgan fingerprint density at radius 2 is 1.57 bits per heavy atom. The zero-order valence-electron chi connectivity index (χ0n) is 13.1. The SMILES string of the molecule is COc1ccc(C(=O)C2(OC)CCCCCC2)cc1OC. The molecule has 2 rings (SSSR count). The Bertz CT molecular complexity index is 488. The van der Waals surface area contributed by atoms with Crippen molar-refractivity contribution in [2.45, 2.75) is 44.1 Å².